The van der Waals surface area contributed by atoms with Crippen molar-refractivity contribution in [3.05, 3.63) is 113 Å². The third kappa shape index (κ3) is 8.53. The van der Waals surface area contributed by atoms with Gasteiger partial charge < -0.3 is 18.6 Å². The third-order valence-corrected chi connectivity index (χ3v) is 14.9. The van der Waals surface area contributed by atoms with Crippen molar-refractivity contribution in [1.82, 2.24) is 9.47 Å². The Morgan fingerprint density at radius 1 is 0.865 bits per heavy atom. The number of rotatable bonds is 12. The molecule has 1 aromatic heterocycles. The average Bonchev–Trinajstić information content (AvgIpc) is 3.45. The predicted octanol–water partition coefficient (Wildman–Crippen LogP) is 9.67. The SMILES string of the molecule is COC(=O)C[C@@H](CC(=O)/C=C/c1c(-c2ccc(F)cc2)c(-c2ccccc2)c(C(=O)N2CCc3ccccc3C2)n1C(C)C)O[Si](C)(C)C(C)(C)C. The van der Waals surface area contributed by atoms with Gasteiger partial charge in [-0.05, 0) is 84.9 Å². The van der Waals surface area contributed by atoms with E-state index >= 15 is 0 Å². The van der Waals surface area contributed by atoms with Crippen molar-refractivity contribution >= 4 is 32.1 Å². The largest absolute Gasteiger partial charge is 0.469 e. The second-order valence-corrected chi connectivity index (χ2v) is 20.1. The fourth-order valence-corrected chi connectivity index (χ4v) is 7.97. The lowest BCUT2D eigenvalue weighted by Crippen LogP contribution is -2.44. The number of aromatic nitrogens is 1. The molecule has 1 amide bonds. The van der Waals surface area contributed by atoms with Gasteiger partial charge in [0.2, 0.25) is 0 Å². The molecule has 1 aliphatic rings. The number of ether oxygens (including phenoxy) is 1. The molecule has 0 fully saturated rings. The van der Waals surface area contributed by atoms with Crippen LogP contribution in [-0.2, 0) is 31.7 Å². The van der Waals surface area contributed by atoms with Crippen LogP contribution in [0.2, 0.25) is 18.1 Å². The molecule has 9 heteroatoms. The summed E-state index contributed by atoms with van der Waals surface area (Å²) in [4.78, 5) is 43.0. The standard InChI is InChI=1S/C43H51FN2O5Si/c1-29(2)46-37(23-22-35(47)26-36(27-38(48)50-6)51-52(7,8)43(3,4)5)39(32-18-20-34(44)21-19-32)40(31-15-10-9-11-16-31)41(46)42(49)45-25-24-30-14-12-13-17-33(30)28-45/h9-23,29,36H,24-28H2,1-8H3/b23-22+/t36-/m1/s1. The molecule has 1 atom stereocenters. The number of allylic oxidation sites excluding steroid dienone is 1. The molecular formula is C43H51FN2O5Si. The zero-order chi connectivity index (χ0) is 37.8. The number of carbonyl (C=O) groups excluding carboxylic acids is 3. The van der Waals surface area contributed by atoms with Gasteiger partial charge in [0, 0.05) is 36.7 Å². The maximum Gasteiger partial charge on any atom is 0.308 e. The van der Waals surface area contributed by atoms with Crippen LogP contribution in [0.1, 0.15) is 80.8 Å². The van der Waals surface area contributed by atoms with Crippen molar-refractivity contribution in [3.8, 4) is 22.3 Å². The van der Waals surface area contributed by atoms with E-state index in [0.717, 1.165) is 34.2 Å². The summed E-state index contributed by atoms with van der Waals surface area (Å²) < 4.78 is 27.9. The summed E-state index contributed by atoms with van der Waals surface area (Å²) in [6, 6.07) is 24.0. The number of hydrogen-bond acceptors (Lipinski definition) is 5. The van der Waals surface area contributed by atoms with Crippen LogP contribution in [0, 0.1) is 5.82 Å². The van der Waals surface area contributed by atoms with E-state index in [9.17, 15) is 18.8 Å². The van der Waals surface area contributed by atoms with E-state index < -0.39 is 20.4 Å². The minimum absolute atomic E-state index is 0.0170. The van der Waals surface area contributed by atoms with Crippen LogP contribution in [0.3, 0.4) is 0 Å². The zero-order valence-corrected chi connectivity index (χ0v) is 32.7. The number of halogens is 1. The van der Waals surface area contributed by atoms with Crippen molar-refractivity contribution in [2.45, 2.75) is 90.7 Å². The van der Waals surface area contributed by atoms with Gasteiger partial charge in [0.25, 0.3) is 5.91 Å². The first-order valence-corrected chi connectivity index (χ1v) is 20.9. The Bertz CT molecular complexity index is 1940. The fourth-order valence-electron chi connectivity index (χ4n) is 6.61. The maximum absolute atomic E-state index is 14.9. The minimum atomic E-state index is -2.34. The minimum Gasteiger partial charge on any atom is -0.469 e. The molecule has 2 heterocycles. The average molecular weight is 723 g/mol. The number of amides is 1. The lowest BCUT2D eigenvalue weighted by molar-refractivity contribution is -0.142. The summed E-state index contributed by atoms with van der Waals surface area (Å²) in [6.45, 7) is 15.6. The molecule has 0 spiro atoms. The maximum atomic E-state index is 14.9. The highest BCUT2D eigenvalue weighted by atomic mass is 28.4. The van der Waals surface area contributed by atoms with Crippen molar-refractivity contribution in [2.75, 3.05) is 13.7 Å². The Morgan fingerprint density at radius 2 is 1.48 bits per heavy atom. The molecule has 4 aromatic rings. The second-order valence-electron chi connectivity index (χ2n) is 15.4. The number of methoxy groups -OCH3 is 1. The Hall–Kier alpha value is -4.60. The molecule has 274 valence electrons. The fraction of sp³-hybridized carbons (Fsp3) is 0.372. The summed E-state index contributed by atoms with van der Waals surface area (Å²) >= 11 is 0. The molecule has 0 saturated heterocycles. The Morgan fingerprint density at radius 3 is 2.10 bits per heavy atom. The van der Waals surface area contributed by atoms with E-state index in [1.165, 1.54) is 30.9 Å². The number of nitrogens with zero attached hydrogens (tertiary/aromatic N) is 2. The number of carbonyl (C=O) groups is 3. The first-order valence-electron chi connectivity index (χ1n) is 18.0. The number of hydrogen-bond donors (Lipinski definition) is 0. The number of esters is 1. The van der Waals surface area contributed by atoms with Gasteiger partial charge in [0.1, 0.15) is 11.5 Å². The number of fused-ring (bicyclic) bond motifs is 1. The van der Waals surface area contributed by atoms with E-state index in [0.29, 0.717) is 24.5 Å². The van der Waals surface area contributed by atoms with Crippen LogP contribution in [0.15, 0.2) is 84.9 Å². The molecule has 0 N–H and O–H groups in total. The molecule has 0 aliphatic carbocycles. The number of benzene rings is 3. The highest BCUT2D eigenvalue weighted by molar-refractivity contribution is 6.74. The second kappa shape index (κ2) is 16.0. The molecule has 0 unspecified atom stereocenters. The van der Waals surface area contributed by atoms with E-state index in [4.69, 9.17) is 9.16 Å². The Labute approximate surface area is 308 Å². The third-order valence-electron chi connectivity index (χ3n) is 10.3. The highest BCUT2D eigenvalue weighted by Crippen LogP contribution is 2.43. The van der Waals surface area contributed by atoms with Gasteiger partial charge in [0.15, 0.2) is 14.1 Å². The van der Waals surface area contributed by atoms with Crippen molar-refractivity contribution in [3.63, 3.8) is 0 Å². The molecular weight excluding hydrogens is 672 g/mol. The first-order chi connectivity index (χ1) is 24.6. The van der Waals surface area contributed by atoms with Gasteiger partial charge in [-0.1, -0.05) is 87.5 Å². The van der Waals surface area contributed by atoms with Crippen molar-refractivity contribution in [2.24, 2.45) is 0 Å². The van der Waals surface area contributed by atoms with Crippen LogP contribution in [-0.4, -0.2) is 55.2 Å². The lowest BCUT2D eigenvalue weighted by atomic mass is 9.93. The molecule has 0 bridgehead atoms. The van der Waals surface area contributed by atoms with Gasteiger partial charge in [-0.15, -0.1) is 0 Å². The highest BCUT2D eigenvalue weighted by Gasteiger charge is 2.40. The molecule has 0 radical (unpaired) electrons. The Balaban J connectivity index is 1.66. The normalized spacial score (nSPS) is 14.1. The van der Waals surface area contributed by atoms with Gasteiger partial charge in [-0.2, -0.15) is 0 Å². The molecule has 0 saturated carbocycles. The van der Waals surface area contributed by atoms with Crippen LogP contribution in [0.25, 0.3) is 28.3 Å². The topological polar surface area (TPSA) is 77.8 Å². The smallest absolute Gasteiger partial charge is 0.308 e. The van der Waals surface area contributed by atoms with Crippen molar-refractivity contribution in [1.29, 1.82) is 0 Å². The van der Waals surface area contributed by atoms with Gasteiger partial charge >= 0.3 is 5.97 Å². The lowest BCUT2D eigenvalue weighted by Gasteiger charge is -2.39. The molecule has 3 aromatic carbocycles. The van der Waals surface area contributed by atoms with Crippen LogP contribution in [0.5, 0.6) is 0 Å². The zero-order valence-electron chi connectivity index (χ0n) is 31.7. The summed E-state index contributed by atoms with van der Waals surface area (Å²) in [6.07, 6.45) is 3.31. The van der Waals surface area contributed by atoms with E-state index in [2.05, 4.69) is 46.0 Å². The quantitative estimate of drug-likeness (QED) is 0.0827. The van der Waals surface area contributed by atoms with Gasteiger partial charge in [-0.25, -0.2) is 4.39 Å². The van der Waals surface area contributed by atoms with E-state index in [-0.39, 0.29) is 41.4 Å². The van der Waals surface area contributed by atoms with Gasteiger partial charge in [0.05, 0.1) is 25.3 Å². The van der Waals surface area contributed by atoms with E-state index in [1.807, 2.05) is 65.8 Å². The van der Waals surface area contributed by atoms with Crippen LogP contribution in [0.4, 0.5) is 4.39 Å². The van der Waals surface area contributed by atoms with Gasteiger partial charge in [-0.3, -0.25) is 14.4 Å². The summed E-state index contributed by atoms with van der Waals surface area (Å²) in [5.74, 6) is -1.15. The monoisotopic (exact) mass is 722 g/mol. The predicted molar refractivity (Wildman–Crippen MR) is 208 cm³/mol. The summed E-state index contributed by atoms with van der Waals surface area (Å²) in [7, 11) is -1.01. The van der Waals surface area contributed by atoms with Crippen molar-refractivity contribution < 1.29 is 27.9 Å². The number of ketones is 1. The molecule has 7 nitrogen and oxygen atoms in total. The molecule has 5 rings (SSSR count). The first kappa shape index (κ1) is 38.6. The molecule has 52 heavy (non-hydrogen) atoms. The summed E-state index contributed by atoms with van der Waals surface area (Å²) in [5, 5.41) is -0.129. The van der Waals surface area contributed by atoms with Crippen LogP contribution >= 0.6 is 0 Å². The van der Waals surface area contributed by atoms with Crippen LogP contribution < -0.4 is 0 Å². The summed E-state index contributed by atoms with van der Waals surface area (Å²) in [5.41, 5.74) is 6.54. The van der Waals surface area contributed by atoms with E-state index in [1.54, 1.807) is 18.2 Å². The Kier molecular flexibility index (Phi) is 11.9. The molecule has 1 aliphatic heterocycles.